The van der Waals surface area contributed by atoms with Crippen LogP contribution >= 0.6 is 11.3 Å². The summed E-state index contributed by atoms with van der Waals surface area (Å²) in [5.41, 5.74) is 8.00. The summed E-state index contributed by atoms with van der Waals surface area (Å²) in [5, 5.41) is 3.94. The molecule has 4 nitrogen and oxygen atoms in total. The summed E-state index contributed by atoms with van der Waals surface area (Å²) in [6.07, 6.45) is 0.903. The summed E-state index contributed by atoms with van der Waals surface area (Å²) in [4.78, 5) is 15.2. The van der Waals surface area contributed by atoms with Crippen LogP contribution in [0.5, 0.6) is 0 Å². The molecule has 0 fully saturated rings. The Kier molecular flexibility index (Phi) is 5.68. The van der Waals surface area contributed by atoms with Crippen LogP contribution in [-0.2, 0) is 6.54 Å². The number of amides is 1. The number of anilines is 1. The molecule has 1 amide bonds. The van der Waals surface area contributed by atoms with Gasteiger partial charge in [-0.05, 0) is 31.6 Å². The van der Waals surface area contributed by atoms with Crippen LogP contribution in [0, 0.1) is 0 Å². The minimum absolute atomic E-state index is 0.0792. The highest BCUT2D eigenvalue weighted by molar-refractivity contribution is 7.21. The molecule has 3 N–H and O–H groups in total. The van der Waals surface area contributed by atoms with E-state index >= 15 is 0 Å². The fraction of sp³-hybridized carbons (Fsp3) is 0.250. The Balaban J connectivity index is 1.47. The molecule has 3 rings (SSSR count). The quantitative estimate of drug-likeness (QED) is 0.636. The van der Waals surface area contributed by atoms with Crippen molar-refractivity contribution in [1.82, 2.24) is 10.2 Å². The second kappa shape index (κ2) is 8.14. The molecule has 1 heterocycles. The third-order valence-electron chi connectivity index (χ3n) is 4.14. The first-order valence-corrected chi connectivity index (χ1v) is 9.24. The molecule has 3 aromatic rings. The first kappa shape index (κ1) is 17.5. The van der Waals surface area contributed by atoms with Crippen LogP contribution in [0.15, 0.2) is 54.6 Å². The van der Waals surface area contributed by atoms with Crippen LogP contribution in [0.2, 0.25) is 0 Å². The minimum Gasteiger partial charge on any atom is -0.397 e. The van der Waals surface area contributed by atoms with Gasteiger partial charge in [-0.25, -0.2) is 0 Å². The van der Waals surface area contributed by atoms with E-state index in [-0.39, 0.29) is 5.91 Å². The van der Waals surface area contributed by atoms with Gasteiger partial charge in [0.2, 0.25) is 0 Å². The van der Waals surface area contributed by atoms with E-state index in [1.165, 1.54) is 16.9 Å². The SMILES string of the molecule is CN(CCCNC(=O)c1sc2ccccc2c1N)Cc1ccccc1. The Morgan fingerprint density at radius 3 is 2.60 bits per heavy atom. The highest BCUT2D eigenvalue weighted by atomic mass is 32.1. The molecule has 1 aromatic heterocycles. The number of fused-ring (bicyclic) bond motifs is 1. The highest BCUT2D eigenvalue weighted by Crippen LogP contribution is 2.33. The van der Waals surface area contributed by atoms with E-state index < -0.39 is 0 Å². The summed E-state index contributed by atoms with van der Waals surface area (Å²) >= 11 is 1.45. The molecule has 0 saturated heterocycles. The minimum atomic E-state index is -0.0792. The zero-order chi connectivity index (χ0) is 17.6. The zero-order valence-electron chi connectivity index (χ0n) is 14.4. The Morgan fingerprint density at radius 2 is 1.84 bits per heavy atom. The monoisotopic (exact) mass is 353 g/mol. The first-order valence-electron chi connectivity index (χ1n) is 8.43. The maximum absolute atomic E-state index is 12.4. The molecule has 0 atom stereocenters. The zero-order valence-corrected chi connectivity index (χ0v) is 15.2. The number of carbonyl (C=O) groups excluding carboxylic acids is 1. The molecule has 0 bridgehead atoms. The number of nitrogens with zero attached hydrogens (tertiary/aromatic N) is 1. The highest BCUT2D eigenvalue weighted by Gasteiger charge is 2.15. The van der Waals surface area contributed by atoms with E-state index in [0.717, 1.165) is 29.6 Å². The third-order valence-corrected chi connectivity index (χ3v) is 5.32. The number of hydrogen-bond acceptors (Lipinski definition) is 4. The molecule has 2 aromatic carbocycles. The molecule has 0 saturated carbocycles. The number of carbonyl (C=O) groups is 1. The van der Waals surface area contributed by atoms with Crippen LogP contribution < -0.4 is 11.1 Å². The van der Waals surface area contributed by atoms with E-state index in [4.69, 9.17) is 5.73 Å². The second-order valence-corrected chi connectivity index (χ2v) is 7.23. The number of nitrogen functional groups attached to an aromatic ring is 1. The standard InChI is InChI=1S/C20H23N3OS/c1-23(14-15-8-3-2-4-9-15)13-7-12-22-20(24)19-18(21)16-10-5-6-11-17(16)25-19/h2-6,8-11H,7,12-14,21H2,1H3,(H,22,24). The van der Waals surface area contributed by atoms with E-state index in [1.54, 1.807) is 0 Å². The Morgan fingerprint density at radius 1 is 1.12 bits per heavy atom. The van der Waals surface area contributed by atoms with Crippen molar-refractivity contribution in [2.75, 3.05) is 25.9 Å². The molecule has 0 aliphatic carbocycles. The van der Waals surface area contributed by atoms with Gasteiger partial charge in [-0.1, -0.05) is 48.5 Å². The molecular formula is C20H23N3OS. The van der Waals surface area contributed by atoms with Gasteiger partial charge < -0.3 is 16.0 Å². The lowest BCUT2D eigenvalue weighted by atomic mass is 10.2. The lowest BCUT2D eigenvalue weighted by molar-refractivity contribution is 0.0957. The summed E-state index contributed by atoms with van der Waals surface area (Å²) in [7, 11) is 2.10. The van der Waals surface area contributed by atoms with Crippen molar-refractivity contribution in [1.29, 1.82) is 0 Å². The van der Waals surface area contributed by atoms with Gasteiger partial charge in [0.05, 0.1) is 5.69 Å². The molecule has 0 spiro atoms. The van der Waals surface area contributed by atoms with Gasteiger partial charge in [0.15, 0.2) is 0 Å². The van der Waals surface area contributed by atoms with Crippen LogP contribution in [0.4, 0.5) is 5.69 Å². The van der Waals surface area contributed by atoms with Gasteiger partial charge in [-0.2, -0.15) is 0 Å². The molecule has 0 aliphatic heterocycles. The molecule has 0 unspecified atom stereocenters. The van der Waals surface area contributed by atoms with Crippen LogP contribution in [0.25, 0.3) is 10.1 Å². The number of nitrogens with two attached hydrogens (primary N) is 1. The Hall–Kier alpha value is -2.37. The molecular weight excluding hydrogens is 330 g/mol. The third kappa shape index (κ3) is 4.38. The predicted molar refractivity (Wildman–Crippen MR) is 106 cm³/mol. The predicted octanol–water partition coefficient (Wildman–Crippen LogP) is 3.74. The molecule has 5 heteroatoms. The maximum atomic E-state index is 12.4. The normalized spacial score (nSPS) is 11.1. The van der Waals surface area contributed by atoms with E-state index in [1.807, 2.05) is 30.3 Å². The van der Waals surface area contributed by atoms with E-state index in [9.17, 15) is 4.79 Å². The molecule has 0 aliphatic rings. The van der Waals surface area contributed by atoms with Gasteiger partial charge in [0.1, 0.15) is 4.88 Å². The number of rotatable bonds is 7. The molecule has 130 valence electrons. The molecule has 0 radical (unpaired) electrons. The first-order chi connectivity index (χ1) is 12.1. The van der Waals surface area contributed by atoms with Crippen molar-refractivity contribution >= 4 is 33.0 Å². The van der Waals surface area contributed by atoms with Gasteiger partial charge in [0.25, 0.3) is 5.91 Å². The average Bonchev–Trinajstić information content (AvgIpc) is 2.97. The lowest BCUT2D eigenvalue weighted by Gasteiger charge is -2.16. The van der Waals surface area contributed by atoms with E-state index in [0.29, 0.717) is 17.1 Å². The Bertz CT molecular complexity index is 845. The van der Waals surface area contributed by atoms with Crippen molar-refractivity contribution in [2.45, 2.75) is 13.0 Å². The van der Waals surface area contributed by atoms with Gasteiger partial charge in [0, 0.05) is 23.2 Å². The van der Waals surface area contributed by atoms with E-state index in [2.05, 4.69) is 41.5 Å². The van der Waals surface area contributed by atoms with Crippen molar-refractivity contribution in [3.05, 3.63) is 65.0 Å². The number of benzene rings is 2. The van der Waals surface area contributed by atoms with Gasteiger partial charge >= 0.3 is 0 Å². The summed E-state index contributed by atoms with van der Waals surface area (Å²) in [5.74, 6) is -0.0792. The van der Waals surface area contributed by atoms with Crippen LogP contribution in [-0.4, -0.2) is 30.9 Å². The Labute approximate surface area is 152 Å². The van der Waals surface area contributed by atoms with Crippen molar-refractivity contribution in [3.8, 4) is 0 Å². The summed E-state index contributed by atoms with van der Waals surface area (Å²) in [6, 6.07) is 18.2. The topological polar surface area (TPSA) is 58.4 Å². The van der Waals surface area contributed by atoms with Crippen molar-refractivity contribution in [3.63, 3.8) is 0 Å². The maximum Gasteiger partial charge on any atom is 0.263 e. The van der Waals surface area contributed by atoms with Crippen LogP contribution in [0.3, 0.4) is 0 Å². The molecule has 25 heavy (non-hydrogen) atoms. The number of hydrogen-bond donors (Lipinski definition) is 2. The average molecular weight is 353 g/mol. The number of nitrogens with one attached hydrogen (secondary N) is 1. The largest absolute Gasteiger partial charge is 0.397 e. The fourth-order valence-electron chi connectivity index (χ4n) is 2.84. The number of thiophene rings is 1. The second-order valence-electron chi connectivity index (χ2n) is 6.17. The lowest BCUT2D eigenvalue weighted by Crippen LogP contribution is -2.28. The smallest absolute Gasteiger partial charge is 0.263 e. The van der Waals surface area contributed by atoms with Gasteiger partial charge in [-0.15, -0.1) is 11.3 Å². The van der Waals surface area contributed by atoms with Crippen LogP contribution in [0.1, 0.15) is 21.7 Å². The summed E-state index contributed by atoms with van der Waals surface area (Å²) in [6.45, 7) is 2.49. The van der Waals surface area contributed by atoms with Gasteiger partial charge in [-0.3, -0.25) is 4.79 Å². The van der Waals surface area contributed by atoms with Crippen molar-refractivity contribution < 1.29 is 4.79 Å². The summed E-state index contributed by atoms with van der Waals surface area (Å²) < 4.78 is 1.05. The fourth-order valence-corrected chi connectivity index (χ4v) is 3.88. The van der Waals surface area contributed by atoms with Crippen molar-refractivity contribution in [2.24, 2.45) is 0 Å².